The number of pyridine rings is 1. The molecule has 1 unspecified atom stereocenters. The van der Waals surface area contributed by atoms with E-state index in [1.54, 1.807) is 6.20 Å². The summed E-state index contributed by atoms with van der Waals surface area (Å²) in [5.74, 6) is -0.177. The first-order chi connectivity index (χ1) is 11.0. The summed E-state index contributed by atoms with van der Waals surface area (Å²) in [4.78, 5) is 43.4. The summed E-state index contributed by atoms with van der Waals surface area (Å²) in [6.07, 6.45) is 4.65. The first-order valence-electron chi connectivity index (χ1n) is 7.60. The van der Waals surface area contributed by atoms with Gasteiger partial charge in [-0.15, -0.1) is 0 Å². The quantitative estimate of drug-likeness (QED) is 0.659. The molecule has 4 heterocycles. The van der Waals surface area contributed by atoms with Gasteiger partial charge in [-0.25, -0.2) is 9.78 Å². The second-order valence-electron chi connectivity index (χ2n) is 6.23. The Labute approximate surface area is 140 Å². The van der Waals surface area contributed by atoms with Crippen LogP contribution in [-0.4, -0.2) is 35.4 Å². The number of nitrogens with one attached hydrogen (secondary N) is 2. The molecule has 8 heteroatoms. The topological polar surface area (TPSA) is 91.4 Å². The van der Waals surface area contributed by atoms with Crippen molar-refractivity contribution in [2.45, 2.75) is 31.7 Å². The van der Waals surface area contributed by atoms with Crippen LogP contribution in [0.4, 0.5) is 10.6 Å². The summed E-state index contributed by atoms with van der Waals surface area (Å²) in [5.41, 5.74) is -0.429. The van der Waals surface area contributed by atoms with E-state index in [1.165, 1.54) is 0 Å². The molecular weight excluding hydrogens is 364 g/mol. The number of carbonyl (C=O) groups excluding carboxylic acids is 3. The molecule has 4 amide bonds. The molecule has 4 rings (SSSR count). The van der Waals surface area contributed by atoms with Gasteiger partial charge in [-0.05, 0) is 46.8 Å². The van der Waals surface area contributed by atoms with E-state index in [0.717, 1.165) is 41.7 Å². The van der Waals surface area contributed by atoms with Crippen LogP contribution in [0.2, 0.25) is 0 Å². The molecule has 3 aliphatic heterocycles. The average molecular weight is 379 g/mol. The lowest BCUT2D eigenvalue weighted by molar-refractivity contribution is -0.146. The fourth-order valence-corrected chi connectivity index (χ4v) is 4.38. The van der Waals surface area contributed by atoms with Crippen LogP contribution in [0.3, 0.4) is 0 Å². The number of hydrogen-bond acceptors (Lipinski definition) is 5. The molecule has 0 aliphatic carbocycles. The molecule has 2 N–H and O–H groups in total. The zero-order chi connectivity index (χ0) is 16.2. The third-order valence-electron chi connectivity index (χ3n) is 4.99. The fourth-order valence-electron chi connectivity index (χ4n) is 4.01. The molecule has 120 valence electrons. The molecular formula is C15H15BrN4O3. The SMILES string of the molecule is O=C1NC(=O)C2(Cc3cc(Br)cnc3N3CCCCC32)C(=O)N1. The van der Waals surface area contributed by atoms with E-state index >= 15 is 0 Å². The maximum atomic E-state index is 12.7. The van der Waals surface area contributed by atoms with Crippen molar-refractivity contribution < 1.29 is 14.4 Å². The molecule has 1 atom stereocenters. The molecule has 2 saturated heterocycles. The number of barbiturate groups is 1. The molecule has 7 nitrogen and oxygen atoms in total. The lowest BCUT2D eigenvalue weighted by Gasteiger charge is -2.51. The van der Waals surface area contributed by atoms with Gasteiger partial charge in [0.15, 0.2) is 5.41 Å². The van der Waals surface area contributed by atoms with Crippen LogP contribution in [0.25, 0.3) is 0 Å². The van der Waals surface area contributed by atoms with Crippen molar-refractivity contribution in [2.24, 2.45) is 5.41 Å². The van der Waals surface area contributed by atoms with Gasteiger partial charge in [-0.2, -0.15) is 0 Å². The molecule has 0 bridgehead atoms. The number of aromatic nitrogens is 1. The van der Waals surface area contributed by atoms with Crippen molar-refractivity contribution in [3.8, 4) is 0 Å². The van der Waals surface area contributed by atoms with Crippen molar-refractivity contribution in [2.75, 3.05) is 11.4 Å². The van der Waals surface area contributed by atoms with Crippen molar-refractivity contribution in [1.29, 1.82) is 0 Å². The Kier molecular flexibility index (Phi) is 3.19. The summed E-state index contributed by atoms with van der Waals surface area (Å²) in [5, 5.41) is 4.56. The van der Waals surface area contributed by atoms with Gasteiger partial charge in [0, 0.05) is 23.6 Å². The molecule has 23 heavy (non-hydrogen) atoms. The minimum Gasteiger partial charge on any atom is -0.352 e. The molecule has 3 aliphatic rings. The minimum atomic E-state index is -1.27. The number of amides is 4. The molecule has 1 aromatic rings. The van der Waals surface area contributed by atoms with Gasteiger partial charge in [0.2, 0.25) is 11.8 Å². The van der Waals surface area contributed by atoms with Crippen LogP contribution in [0.5, 0.6) is 0 Å². The highest BCUT2D eigenvalue weighted by atomic mass is 79.9. The van der Waals surface area contributed by atoms with Crippen molar-refractivity contribution >= 4 is 39.6 Å². The normalized spacial score (nSPS) is 25.5. The smallest absolute Gasteiger partial charge is 0.328 e. The van der Waals surface area contributed by atoms with E-state index in [4.69, 9.17) is 0 Å². The number of nitrogens with zero attached hydrogens (tertiary/aromatic N) is 2. The van der Waals surface area contributed by atoms with Crippen LogP contribution < -0.4 is 15.5 Å². The van der Waals surface area contributed by atoms with Gasteiger partial charge >= 0.3 is 6.03 Å². The number of piperidine rings is 1. The summed E-state index contributed by atoms with van der Waals surface area (Å²) in [7, 11) is 0. The number of carbonyl (C=O) groups is 3. The van der Waals surface area contributed by atoms with E-state index in [2.05, 4.69) is 36.4 Å². The average Bonchev–Trinajstić information content (AvgIpc) is 2.52. The predicted molar refractivity (Wildman–Crippen MR) is 84.7 cm³/mol. The van der Waals surface area contributed by atoms with Crippen LogP contribution in [0, 0.1) is 5.41 Å². The first-order valence-corrected chi connectivity index (χ1v) is 8.39. The number of urea groups is 1. The van der Waals surface area contributed by atoms with Crippen molar-refractivity contribution in [3.05, 3.63) is 22.3 Å². The van der Waals surface area contributed by atoms with Gasteiger partial charge < -0.3 is 4.90 Å². The molecule has 0 radical (unpaired) electrons. The Bertz CT molecular complexity index is 715. The van der Waals surface area contributed by atoms with E-state index in [1.807, 2.05) is 6.07 Å². The lowest BCUT2D eigenvalue weighted by atomic mass is 9.67. The monoisotopic (exact) mass is 378 g/mol. The van der Waals surface area contributed by atoms with Crippen LogP contribution in [-0.2, 0) is 16.0 Å². The second kappa shape index (κ2) is 5.02. The van der Waals surface area contributed by atoms with Crippen LogP contribution in [0.1, 0.15) is 24.8 Å². The highest BCUT2D eigenvalue weighted by Crippen LogP contribution is 2.45. The number of hydrogen-bond donors (Lipinski definition) is 2. The molecule has 0 aromatic carbocycles. The Morgan fingerprint density at radius 1 is 1.22 bits per heavy atom. The van der Waals surface area contributed by atoms with Crippen LogP contribution in [0.15, 0.2) is 16.7 Å². The van der Waals surface area contributed by atoms with E-state index in [9.17, 15) is 14.4 Å². The Balaban J connectivity index is 1.89. The maximum Gasteiger partial charge on any atom is 0.328 e. The summed E-state index contributed by atoms with van der Waals surface area (Å²) < 4.78 is 0.801. The van der Waals surface area contributed by atoms with Crippen molar-refractivity contribution in [1.82, 2.24) is 15.6 Å². The van der Waals surface area contributed by atoms with Gasteiger partial charge in [0.25, 0.3) is 0 Å². The summed E-state index contributed by atoms with van der Waals surface area (Å²) >= 11 is 3.39. The third-order valence-corrected chi connectivity index (χ3v) is 5.42. The molecule has 2 fully saturated rings. The van der Waals surface area contributed by atoms with E-state index in [-0.39, 0.29) is 12.5 Å². The highest BCUT2D eigenvalue weighted by molar-refractivity contribution is 9.10. The lowest BCUT2D eigenvalue weighted by Crippen LogP contribution is -2.72. The first kappa shape index (κ1) is 14.6. The maximum absolute atomic E-state index is 12.7. The zero-order valence-corrected chi connectivity index (χ0v) is 13.9. The second-order valence-corrected chi connectivity index (χ2v) is 7.14. The number of rotatable bonds is 0. The number of anilines is 1. The fraction of sp³-hybridized carbons (Fsp3) is 0.467. The number of fused-ring (bicyclic) bond motifs is 4. The van der Waals surface area contributed by atoms with E-state index in [0.29, 0.717) is 0 Å². The predicted octanol–water partition coefficient (Wildman–Crippen LogP) is 1.11. The highest BCUT2D eigenvalue weighted by Gasteiger charge is 2.60. The Hall–Kier alpha value is -1.96. The number of halogens is 1. The molecule has 1 spiro atoms. The van der Waals surface area contributed by atoms with E-state index < -0.39 is 23.3 Å². The van der Waals surface area contributed by atoms with Gasteiger partial charge in [0.1, 0.15) is 5.82 Å². The Morgan fingerprint density at radius 2 is 1.96 bits per heavy atom. The number of imide groups is 2. The van der Waals surface area contributed by atoms with Crippen LogP contribution >= 0.6 is 15.9 Å². The minimum absolute atomic E-state index is 0.251. The summed E-state index contributed by atoms with van der Waals surface area (Å²) in [6, 6.07) is 0.878. The molecule has 0 saturated carbocycles. The Morgan fingerprint density at radius 3 is 2.70 bits per heavy atom. The zero-order valence-electron chi connectivity index (χ0n) is 12.3. The van der Waals surface area contributed by atoms with Crippen molar-refractivity contribution in [3.63, 3.8) is 0 Å². The third kappa shape index (κ3) is 2.00. The standard InChI is InChI=1S/C15H15BrN4O3/c16-9-5-8-6-15(12(21)18-14(23)19-13(15)22)10-3-1-2-4-20(10)11(8)17-7-9/h5,7,10H,1-4,6H2,(H2,18,19,21,22,23). The van der Waals surface area contributed by atoms with Gasteiger partial charge in [0.05, 0.1) is 6.04 Å². The van der Waals surface area contributed by atoms with Gasteiger partial charge in [-0.3, -0.25) is 20.2 Å². The molecule has 1 aromatic heterocycles. The van der Waals surface area contributed by atoms with Gasteiger partial charge in [-0.1, -0.05) is 0 Å². The summed E-state index contributed by atoms with van der Waals surface area (Å²) in [6.45, 7) is 0.753. The largest absolute Gasteiger partial charge is 0.352 e.